The molecule has 2 heterocycles. The minimum atomic E-state index is -0.756. The van der Waals surface area contributed by atoms with Gasteiger partial charge >= 0.3 is 5.97 Å². The second-order valence-corrected chi connectivity index (χ2v) is 11.3. The molecule has 6 rings (SSSR count). The molecule has 2 saturated heterocycles. The standard InChI is InChI=1S/C34H32O6S/c1-23-17-19-27(20-18-23)41-34-31(39-32(35)25-13-7-3-8-14-25)30(36-21-24-11-5-2-6-12-24)29-28(38-34)22-37-33(40-29)26-15-9-4-10-16-26/h2-20,28-31,33-34H,21-22H2,1H3/t28-,29+,30-,31+,33+,34-/m0/s1. The van der Waals surface area contributed by atoms with Crippen molar-refractivity contribution < 1.29 is 28.5 Å². The molecule has 0 unspecified atom stereocenters. The van der Waals surface area contributed by atoms with Crippen LogP contribution in [0.3, 0.4) is 0 Å². The average molecular weight is 569 g/mol. The van der Waals surface area contributed by atoms with Crippen LogP contribution in [0.1, 0.15) is 33.3 Å². The fourth-order valence-electron chi connectivity index (χ4n) is 5.02. The molecule has 0 aliphatic carbocycles. The van der Waals surface area contributed by atoms with Crippen molar-refractivity contribution >= 4 is 17.7 Å². The lowest BCUT2D eigenvalue weighted by atomic mass is 9.98. The molecule has 7 heteroatoms. The Hall–Kier alpha value is -3.46. The molecule has 0 spiro atoms. The molecule has 4 aromatic carbocycles. The molecule has 0 bridgehead atoms. The lowest BCUT2D eigenvalue weighted by molar-refractivity contribution is -0.324. The molecule has 41 heavy (non-hydrogen) atoms. The zero-order chi connectivity index (χ0) is 28.0. The van der Waals surface area contributed by atoms with Crippen molar-refractivity contribution in [1.82, 2.24) is 0 Å². The highest BCUT2D eigenvalue weighted by Gasteiger charge is 2.52. The van der Waals surface area contributed by atoms with Crippen LogP contribution < -0.4 is 0 Å². The number of benzene rings is 4. The normalized spacial score (nSPS) is 25.7. The molecule has 210 valence electrons. The van der Waals surface area contributed by atoms with Gasteiger partial charge in [0.05, 0.1) is 18.8 Å². The molecule has 4 aromatic rings. The maximum Gasteiger partial charge on any atom is 0.338 e. The lowest BCUT2D eigenvalue weighted by Gasteiger charge is -2.48. The fraction of sp³-hybridized carbons (Fsp3) is 0.265. The second-order valence-electron chi connectivity index (χ2n) is 10.1. The molecule has 0 aromatic heterocycles. The van der Waals surface area contributed by atoms with Gasteiger partial charge in [-0.05, 0) is 36.8 Å². The summed E-state index contributed by atoms with van der Waals surface area (Å²) in [4.78, 5) is 14.4. The number of ether oxygens (including phenoxy) is 5. The van der Waals surface area contributed by atoms with Gasteiger partial charge in [0.2, 0.25) is 0 Å². The summed E-state index contributed by atoms with van der Waals surface area (Å²) in [6, 6.07) is 36.9. The minimum Gasteiger partial charge on any atom is -0.452 e. The number of rotatable bonds is 8. The summed E-state index contributed by atoms with van der Waals surface area (Å²) in [6.07, 6.45) is -2.89. The predicted octanol–water partition coefficient (Wildman–Crippen LogP) is 6.74. The van der Waals surface area contributed by atoms with E-state index in [4.69, 9.17) is 23.7 Å². The predicted molar refractivity (Wildman–Crippen MR) is 156 cm³/mol. The van der Waals surface area contributed by atoms with Crippen LogP contribution in [0.5, 0.6) is 0 Å². The van der Waals surface area contributed by atoms with Crippen LogP contribution in [0, 0.1) is 6.92 Å². The van der Waals surface area contributed by atoms with Crippen LogP contribution in [0.4, 0.5) is 0 Å². The molecule has 2 aliphatic heterocycles. The van der Waals surface area contributed by atoms with E-state index in [0.29, 0.717) is 18.8 Å². The molecule has 6 atom stereocenters. The summed E-state index contributed by atoms with van der Waals surface area (Å²) in [5, 5.41) is 0. The smallest absolute Gasteiger partial charge is 0.338 e. The third-order valence-electron chi connectivity index (χ3n) is 7.17. The summed E-state index contributed by atoms with van der Waals surface area (Å²) in [5.41, 5.74) is 2.99. The first kappa shape index (κ1) is 27.7. The number of carbonyl (C=O) groups is 1. The summed E-state index contributed by atoms with van der Waals surface area (Å²) in [6.45, 7) is 2.70. The van der Waals surface area contributed by atoms with Gasteiger partial charge in [0.15, 0.2) is 12.4 Å². The molecule has 2 aliphatic rings. The summed E-state index contributed by atoms with van der Waals surface area (Å²) >= 11 is 1.51. The topological polar surface area (TPSA) is 63.2 Å². The molecule has 6 nitrogen and oxygen atoms in total. The number of hydrogen-bond acceptors (Lipinski definition) is 7. The van der Waals surface area contributed by atoms with E-state index in [9.17, 15) is 4.79 Å². The molecule has 0 saturated carbocycles. The van der Waals surface area contributed by atoms with Crippen molar-refractivity contribution in [2.75, 3.05) is 6.61 Å². The number of thioether (sulfide) groups is 1. The van der Waals surface area contributed by atoms with E-state index < -0.39 is 42.1 Å². The van der Waals surface area contributed by atoms with E-state index in [0.717, 1.165) is 21.6 Å². The van der Waals surface area contributed by atoms with Gasteiger partial charge < -0.3 is 23.7 Å². The molecule has 0 radical (unpaired) electrons. The van der Waals surface area contributed by atoms with Gasteiger partial charge in [-0.15, -0.1) is 0 Å². The van der Waals surface area contributed by atoms with E-state index >= 15 is 0 Å². The SMILES string of the molecule is Cc1ccc(S[C@@H]2O[C@H]3CO[C@@H](c4ccccc4)O[C@H]3[C@H](OCc3ccccc3)[C@H]2OC(=O)c2ccccc2)cc1. The largest absolute Gasteiger partial charge is 0.452 e. The quantitative estimate of drug-likeness (QED) is 0.218. The van der Waals surface area contributed by atoms with Gasteiger partial charge in [-0.1, -0.05) is 108 Å². The van der Waals surface area contributed by atoms with Gasteiger partial charge in [0, 0.05) is 10.5 Å². The summed E-state index contributed by atoms with van der Waals surface area (Å²) in [7, 11) is 0. The molecule has 0 amide bonds. The highest BCUT2D eigenvalue weighted by Crippen LogP contribution is 2.41. The summed E-state index contributed by atoms with van der Waals surface area (Å²) < 4.78 is 32.1. The maximum atomic E-state index is 13.4. The molecule has 2 fully saturated rings. The fourth-order valence-corrected chi connectivity index (χ4v) is 6.12. The van der Waals surface area contributed by atoms with Gasteiger partial charge in [-0.25, -0.2) is 4.79 Å². The van der Waals surface area contributed by atoms with Crippen molar-refractivity contribution in [2.45, 2.75) is 54.6 Å². The zero-order valence-corrected chi connectivity index (χ0v) is 23.5. The second kappa shape index (κ2) is 13.0. The van der Waals surface area contributed by atoms with E-state index in [1.165, 1.54) is 11.8 Å². The van der Waals surface area contributed by atoms with Crippen molar-refractivity contribution in [3.63, 3.8) is 0 Å². The van der Waals surface area contributed by atoms with Gasteiger partial charge in [-0.3, -0.25) is 0 Å². The Labute approximate surface area is 244 Å². The van der Waals surface area contributed by atoms with E-state index in [1.54, 1.807) is 12.1 Å². The third-order valence-corrected chi connectivity index (χ3v) is 8.32. The van der Waals surface area contributed by atoms with Crippen LogP contribution in [-0.4, -0.2) is 42.4 Å². The van der Waals surface area contributed by atoms with Gasteiger partial charge in [0.25, 0.3) is 0 Å². The average Bonchev–Trinajstić information content (AvgIpc) is 3.03. The van der Waals surface area contributed by atoms with Crippen molar-refractivity contribution in [3.05, 3.63) is 138 Å². The van der Waals surface area contributed by atoms with E-state index in [1.807, 2.05) is 97.9 Å². The number of esters is 1. The Kier molecular flexibility index (Phi) is 8.80. The third kappa shape index (κ3) is 6.72. The first-order valence-corrected chi connectivity index (χ1v) is 14.6. The Balaban J connectivity index is 1.33. The monoisotopic (exact) mass is 568 g/mol. The van der Waals surface area contributed by atoms with Crippen LogP contribution in [0.2, 0.25) is 0 Å². The van der Waals surface area contributed by atoms with Crippen LogP contribution in [-0.2, 0) is 30.3 Å². The van der Waals surface area contributed by atoms with Gasteiger partial charge in [0.1, 0.15) is 23.7 Å². The highest BCUT2D eigenvalue weighted by atomic mass is 32.2. The Bertz CT molecular complexity index is 1400. The maximum absolute atomic E-state index is 13.4. The Morgan fingerprint density at radius 3 is 2.17 bits per heavy atom. The number of fused-ring (bicyclic) bond motifs is 1. The molecule has 0 N–H and O–H groups in total. The van der Waals surface area contributed by atoms with Crippen LogP contribution in [0.15, 0.2) is 120 Å². The molecular formula is C34H32O6S. The summed E-state index contributed by atoms with van der Waals surface area (Å²) in [5.74, 6) is -0.438. The number of hydrogen-bond donors (Lipinski definition) is 0. The minimum absolute atomic E-state index is 0.319. The van der Waals surface area contributed by atoms with Crippen LogP contribution in [0.25, 0.3) is 0 Å². The lowest BCUT2D eigenvalue weighted by Crippen LogP contribution is -2.62. The van der Waals surface area contributed by atoms with Crippen molar-refractivity contribution in [3.8, 4) is 0 Å². The van der Waals surface area contributed by atoms with E-state index in [-0.39, 0.29) is 0 Å². The van der Waals surface area contributed by atoms with Crippen LogP contribution >= 0.6 is 11.8 Å². The highest BCUT2D eigenvalue weighted by molar-refractivity contribution is 7.99. The van der Waals surface area contributed by atoms with E-state index in [2.05, 4.69) is 12.1 Å². The van der Waals surface area contributed by atoms with Gasteiger partial charge in [-0.2, -0.15) is 0 Å². The van der Waals surface area contributed by atoms with Crippen molar-refractivity contribution in [1.29, 1.82) is 0 Å². The Morgan fingerprint density at radius 2 is 1.46 bits per heavy atom. The Morgan fingerprint density at radius 1 is 0.805 bits per heavy atom. The first-order chi connectivity index (χ1) is 20.1. The first-order valence-electron chi connectivity index (χ1n) is 13.8. The number of aryl methyl sites for hydroxylation is 1. The van der Waals surface area contributed by atoms with Crippen molar-refractivity contribution in [2.24, 2.45) is 0 Å². The zero-order valence-electron chi connectivity index (χ0n) is 22.7. The molecular weight excluding hydrogens is 536 g/mol. The number of carbonyl (C=O) groups excluding carboxylic acids is 1.